The van der Waals surface area contributed by atoms with E-state index in [1.54, 1.807) is 0 Å². The minimum absolute atomic E-state index is 0.193. The van der Waals surface area contributed by atoms with Crippen LogP contribution in [0.1, 0.15) is 18.4 Å². The molecule has 25 heavy (non-hydrogen) atoms. The zero-order chi connectivity index (χ0) is 17.8. The number of benzene rings is 1. The number of hydrogen-bond acceptors (Lipinski definition) is 2. The highest BCUT2D eigenvalue weighted by atomic mass is 16.5. The Balaban J connectivity index is 1.59. The number of nitrogens with zero attached hydrogens (tertiary/aromatic N) is 2. The molecule has 0 saturated carbocycles. The maximum atomic E-state index is 6.30. The van der Waals surface area contributed by atoms with Crippen molar-refractivity contribution in [2.75, 3.05) is 80.3 Å². The second kappa shape index (κ2) is 7.75. The maximum Gasteiger partial charge on any atom is 0.102 e. The molecule has 4 nitrogen and oxygen atoms in total. The van der Waals surface area contributed by atoms with Crippen LogP contribution in [0, 0.1) is 0 Å². The molecule has 140 valence electrons. The van der Waals surface area contributed by atoms with Crippen molar-refractivity contribution in [2.45, 2.75) is 18.3 Å². The van der Waals surface area contributed by atoms with E-state index in [2.05, 4.69) is 51.5 Å². The first-order valence-corrected chi connectivity index (χ1v) is 9.80. The molecule has 1 aromatic carbocycles. The van der Waals surface area contributed by atoms with Crippen molar-refractivity contribution in [1.29, 1.82) is 0 Å². The van der Waals surface area contributed by atoms with Crippen LogP contribution in [0.25, 0.3) is 0 Å². The van der Waals surface area contributed by atoms with Gasteiger partial charge in [-0.25, -0.2) is 0 Å². The molecule has 0 atom stereocenters. The number of likely N-dealkylation sites (N-methyl/N-ethyl adjacent to an activating group) is 1. The zero-order valence-corrected chi connectivity index (χ0v) is 16.4. The van der Waals surface area contributed by atoms with Crippen LogP contribution >= 0.6 is 0 Å². The van der Waals surface area contributed by atoms with E-state index in [4.69, 9.17) is 9.47 Å². The minimum atomic E-state index is 0.193. The molecule has 2 aliphatic heterocycles. The molecule has 2 saturated heterocycles. The van der Waals surface area contributed by atoms with E-state index in [1.165, 1.54) is 31.5 Å². The minimum Gasteiger partial charge on any atom is -0.375 e. The van der Waals surface area contributed by atoms with E-state index >= 15 is 0 Å². The van der Waals surface area contributed by atoms with Crippen molar-refractivity contribution in [1.82, 2.24) is 0 Å². The molecule has 0 amide bonds. The number of quaternary nitrogens is 2. The van der Waals surface area contributed by atoms with Crippen LogP contribution in [0.4, 0.5) is 0 Å². The van der Waals surface area contributed by atoms with Crippen molar-refractivity contribution in [3.8, 4) is 0 Å². The van der Waals surface area contributed by atoms with Gasteiger partial charge in [-0.1, -0.05) is 30.3 Å². The Morgan fingerprint density at radius 2 is 1.60 bits per heavy atom. The summed E-state index contributed by atoms with van der Waals surface area (Å²) >= 11 is 0. The van der Waals surface area contributed by atoms with Gasteiger partial charge in [-0.3, -0.25) is 0 Å². The smallest absolute Gasteiger partial charge is 0.102 e. The standard InChI is InChI=1S/C21H36N2O2/c1-22(2)11-9-21(10-12-22,20-7-5-4-6-8-20)19-25-18-15-23(3)13-16-24-17-14-23/h4-8H,9-19H2,1-3H3/q+2. The van der Waals surface area contributed by atoms with Crippen molar-refractivity contribution in [2.24, 2.45) is 0 Å². The summed E-state index contributed by atoms with van der Waals surface area (Å²) in [6, 6.07) is 11.1. The van der Waals surface area contributed by atoms with E-state index in [1.807, 2.05) is 0 Å². The lowest BCUT2D eigenvalue weighted by Gasteiger charge is -2.45. The van der Waals surface area contributed by atoms with Crippen molar-refractivity contribution < 1.29 is 18.4 Å². The molecule has 2 aliphatic rings. The molecule has 4 heteroatoms. The van der Waals surface area contributed by atoms with Crippen LogP contribution in [0.15, 0.2) is 30.3 Å². The van der Waals surface area contributed by atoms with Crippen LogP contribution in [-0.4, -0.2) is 89.3 Å². The van der Waals surface area contributed by atoms with Gasteiger partial charge in [0.05, 0.1) is 60.7 Å². The molecule has 0 aliphatic carbocycles. The highest BCUT2D eigenvalue weighted by Gasteiger charge is 2.40. The summed E-state index contributed by atoms with van der Waals surface area (Å²) in [6.07, 6.45) is 2.42. The van der Waals surface area contributed by atoms with Crippen molar-refractivity contribution in [3.05, 3.63) is 35.9 Å². The molecular formula is C21H36N2O2+2. The monoisotopic (exact) mass is 348 g/mol. The highest BCUT2D eigenvalue weighted by Crippen LogP contribution is 2.37. The molecular weight excluding hydrogens is 312 g/mol. The molecule has 2 fully saturated rings. The Hall–Kier alpha value is -0.940. The number of ether oxygens (including phenoxy) is 2. The Morgan fingerprint density at radius 3 is 2.24 bits per heavy atom. The zero-order valence-electron chi connectivity index (χ0n) is 16.4. The predicted octanol–water partition coefficient (Wildman–Crippen LogP) is 2.29. The van der Waals surface area contributed by atoms with Crippen LogP contribution in [0.3, 0.4) is 0 Å². The number of piperidine rings is 1. The van der Waals surface area contributed by atoms with Gasteiger partial charge in [0, 0.05) is 18.3 Å². The van der Waals surface area contributed by atoms with E-state index in [-0.39, 0.29) is 5.41 Å². The Morgan fingerprint density at radius 1 is 0.960 bits per heavy atom. The van der Waals surface area contributed by atoms with Gasteiger partial charge >= 0.3 is 0 Å². The summed E-state index contributed by atoms with van der Waals surface area (Å²) in [7, 11) is 7.03. The first kappa shape index (κ1) is 18.8. The van der Waals surface area contributed by atoms with Gasteiger partial charge < -0.3 is 18.4 Å². The molecule has 2 heterocycles. The topological polar surface area (TPSA) is 18.5 Å². The lowest BCUT2D eigenvalue weighted by molar-refractivity contribution is -0.917. The van der Waals surface area contributed by atoms with Crippen molar-refractivity contribution in [3.63, 3.8) is 0 Å². The normalized spacial score (nSPS) is 24.8. The quantitative estimate of drug-likeness (QED) is 0.580. The Kier molecular flexibility index (Phi) is 5.84. The summed E-state index contributed by atoms with van der Waals surface area (Å²) in [6.45, 7) is 9.24. The summed E-state index contributed by atoms with van der Waals surface area (Å²) in [5, 5.41) is 0. The first-order valence-electron chi connectivity index (χ1n) is 9.80. The lowest BCUT2D eigenvalue weighted by Crippen LogP contribution is -2.54. The van der Waals surface area contributed by atoms with Crippen LogP contribution in [-0.2, 0) is 14.9 Å². The second-order valence-electron chi connectivity index (χ2n) is 8.98. The molecule has 0 radical (unpaired) electrons. The van der Waals surface area contributed by atoms with Gasteiger partial charge in [0.15, 0.2) is 0 Å². The van der Waals surface area contributed by atoms with Gasteiger partial charge in [0.25, 0.3) is 0 Å². The molecule has 1 aromatic rings. The molecule has 0 aromatic heterocycles. The van der Waals surface area contributed by atoms with Gasteiger partial charge in [0.2, 0.25) is 0 Å². The Bertz CT molecular complexity index is 528. The average molecular weight is 349 g/mol. The molecule has 3 rings (SSSR count). The van der Waals surface area contributed by atoms with Crippen LogP contribution < -0.4 is 0 Å². The average Bonchev–Trinajstić information content (AvgIpc) is 2.62. The fraction of sp³-hybridized carbons (Fsp3) is 0.714. The number of likely N-dealkylation sites (tertiary alicyclic amines) is 1. The predicted molar refractivity (Wildman–Crippen MR) is 102 cm³/mol. The van der Waals surface area contributed by atoms with Gasteiger partial charge in [0.1, 0.15) is 19.6 Å². The fourth-order valence-corrected chi connectivity index (χ4v) is 4.14. The third-order valence-corrected chi connectivity index (χ3v) is 6.48. The third kappa shape index (κ3) is 4.82. The highest BCUT2D eigenvalue weighted by molar-refractivity contribution is 5.26. The largest absolute Gasteiger partial charge is 0.375 e. The molecule has 0 N–H and O–H groups in total. The van der Waals surface area contributed by atoms with Crippen LogP contribution in [0.5, 0.6) is 0 Å². The summed E-state index contributed by atoms with van der Waals surface area (Å²) in [5.41, 5.74) is 1.65. The number of rotatable bonds is 6. The van der Waals surface area contributed by atoms with E-state index in [0.717, 1.165) is 55.0 Å². The van der Waals surface area contributed by atoms with E-state index in [0.29, 0.717) is 0 Å². The number of hydrogen-bond donors (Lipinski definition) is 0. The number of morpholine rings is 1. The Labute approximate surface area is 153 Å². The fourth-order valence-electron chi connectivity index (χ4n) is 4.14. The van der Waals surface area contributed by atoms with Gasteiger partial charge in [-0.2, -0.15) is 0 Å². The van der Waals surface area contributed by atoms with Gasteiger partial charge in [-0.15, -0.1) is 0 Å². The molecule has 0 spiro atoms. The van der Waals surface area contributed by atoms with E-state index in [9.17, 15) is 0 Å². The summed E-state index contributed by atoms with van der Waals surface area (Å²) < 4.78 is 14.0. The molecule has 0 bridgehead atoms. The van der Waals surface area contributed by atoms with E-state index < -0.39 is 0 Å². The SMILES string of the molecule is C[N+]1(C)CCC(COCC[N+]2(C)CCOCC2)(c2ccccc2)CC1. The lowest BCUT2D eigenvalue weighted by atomic mass is 9.73. The second-order valence-corrected chi connectivity index (χ2v) is 8.98. The summed E-state index contributed by atoms with van der Waals surface area (Å²) in [4.78, 5) is 0. The van der Waals surface area contributed by atoms with Gasteiger partial charge in [-0.05, 0) is 5.56 Å². The summed E-state index contributed by atoms with van der Waals surface area (Å²) in [5.74, 6) is 0. The van der Waals surface area contributed by atoms with Crippen LogP contribution in [0.2, 0.25) is 0 Å². The maximum absolute atomic E-state index is 6.30. The third-order valence-electron chi connectivity index (χ3n) is 6.48. The first-order chi connectivity index (χ1) is 11.9. The van der Waals surface area contributed by atoms with Crippen molar-refractivity contribution >= 4 is 0 Å². The molecule has 0 unspecified atom stereocenters.